The van der Waals surface area contributed by atoms with Crippen LogP contribution in [-0.4, -0.2) is 52.9 Å². The number of amides is 1. The predicted octanol–water partition coefficient (Wildman–Crippen LogP) is -0.559. The van der Waals surface area contributed by atoms with Crippen molar-refractivity contribution in [2.24, 2.45) is 0 Å². The lowest BCUT2D eigenvalue weighted by molar-refractivity contribution is -0.921. The molecule has 3 N–H and O–H groups in total. The Morgan fingerprint density at radius 1 is 1.10 bits per heavy atom. The summed E-state index contributed by atoms with van der Waals surface area (Å²) in [6, 6.07) is 16.4. The van der Waals surface area contributed by atoms with Crippen molar-refractivity contribution in [2.45, 2.75) is 19.6 Å². The smallest absolute Gasteiger partial charge is 0.275 e. The third-order valence-corrected chi connectivity index (χ3v) is 5.36. The summed E-state index contributed by atoms with van der Waals surface area (Å²) in [5.41, 5.74) is 3.70. The van der Waals surface area contributed by atoms with E-state index in [1.54, 1.807) is 12.0 Å². The van der Waals surface area contributed by atoms with Crippen LogP contribution in [0.25, 0.3) is 0 Å². The number of nitrogens with one attached hydrogen (secondary N) is 3. The number of quaternary nitrogens is 2. The van der Waals surface area contributed by atoms with Gasteiger partial charge in [0.05, 0.1) is 27.4 Å². The minimum atomic E-state index is 0.0736. The summed E-state index contributed by atoms with van der Waals surface area (Å²) in [5.74, 6) is 0.922. The van der Waals surface area contributed by atoms with E-state index < -0.39 is 0 Å². The quantitative estimate of drug-likeness (QED) is 0.530. The maximum atomic E-state index is 12.4. The molecular formula is C23H33N3O3+2. The molecule has 0 aliphatic carbocycles. The van der Waals surface area contributed by atoms with Gasteiger partial charge < -0.3 is 24.6 Å². The van der Waals surface area contributed by atoms with Crippen molar-refractivity contribution in [1.82, 2.24) is 5.32 Å². The molecule has 1 aliphatic rings. The van der Waals surface area contributed by atoms with Crippen LogP contribution in [0.2, 0.25) is 0 Å². The van der Waals surface area contributed by atoms with E-state index in [0.717, 1.165) is 50.0 Å². The molecule has 0 saturated carbocycles. The molecule has 1 amide bonds. The lowest BCUT2D eigenvalue weighted by Crippen LogP contribution is -3.12. The zero-order chi connectivity index (χ0) is 20.5. The van der Waals surface area contributed by atoms with E-state index in [1.165, 1.54) is 16.7 Å². The van der Waals surface area contributed by atoms with Crippen molar-refractivity contribution >= 4 is 5.91 Å². The molecule has 1 heterocycles. The second-order valence-corrected chi connectivity index (χ2v) is 7.74. The average molecular weight is 400 g/mol. The summed E-state index contributed by atoms with van der Waals surface area (Å²) in [7, 11) is 3.71. The van der Waals surface area contributed by atoms with Gasteiger partial charge in [0, 0.05) is 17.7 Å². The van der Waals surface area contributed by atoms with E-state index in [-0.39, 0.29) is 5.91 Å². The first-order chi connectivity index (χ1) is 14.1. The average Bonchev–Trinajstić information content (AvgIpc) is 2.74. The number of rotatable bonds is 9. The van der Waals surface area contributed by atoms with Crippen LogP contribution in [0.15, 0.2) is 48.5 Å². The summed E-state index contributed by atoms with van der Waals surface area (Å²) in [6.07, 6.45) is 0. The first-order valence-electron chi connectivity index (χ1n) is 10.3. The fraction of sp³-hybridized carbons (Fsp3) is 0.435. The van der Waals surface area contributed by atoms with Gasteiger partial charge in [-0.2, -0.15) is 0 Å². The molecule has 1 fully saturated rings. The van der Waals surface area contributed by atoms with Gasteiger partial charge in [0.2, 0.25) is 0 Å². The van der Waals surface area contributed by atoms with Crippen molar-refractivity contribution in [1.29, 1.82) is 0 Å². The number of methoxy groups -OCH3 is 1. The fourth-order valence-electron chi connectivity index (χ4n) is 3.69. The maximum absolute atomic E-state index is 12.4. The van der Waals surface area contributed by atoms with Crippen LogP contribution in [0.1, 0.15) is 16.7 Å². The highest BCUT2D eigenvalue weighted by Gasteiger charge is 2.16. The number of ether oxygens (including phenoxy) is 2. The zero-order valence-electron chi connectivity index (χ0n) is 17.5. The van der Waals surface area contributed by atoms with Gasteiger partial charge in [-0.05, 0) is 29.8 Å². The second-order valence-electron chi connectivity index (χ2n) is 7.74. The third-order valence-electron chi connectivity index (χ3n) is 5.36. The predicted molar refractivity (Wildman–Crippen MR) is 112 cm³/mol. The Balaban J connectivity index is 1.47. The standard InChI is InChI=1S/C23H31N3O3/c1-25(16-19-7-9-22(28-2)10-8-19)18-23(27)24-15-20-5-3-4-6-21(20)17-26-11-13-29-14-12-26/h3-10H,11-18H2,1-2H3,(H,24,27)/p+2. The summed E-state index contributed by atoms with van der Waals surface area (Å²) >= 11 is 0. The van der Waals surface area contributed by atoms with Gasteiger partial charge in [-0.15, -0.1) is 0 Å². The van der Waals surface area contributed by atoms with Gasteiger partial charge in [0.15, 0.2) is 6.54 Å². The van der Waals surface area contributed by atoms with Crippen LogP contribution >= 0.6 is 0 Å². The lowest BCUT2D eigenvalue weighted by Gasteiger charge is -2.24. The van der Waals surface area contributed by atoms with Crippen LogP contribution in [0, 0.1) is 0 Å². The summed E-state index contributed by atoms with van der Waals surface area (Å²) in [6.45, 7) is 6.55. The monoisotopic (exact) mass is 399 g/mol. The molecule has 1 atom stereocenters. The number of carbonyl (C=O) groups is 1. The third kappa shape index (κ3) is 6.85. The molecule has 29 heavy (non-hydrogen) atoms. The van der Waals surface area contributed by atoms with Crippen molar-refractivity contribution < 1.29 is 24.1 Å². The van der Waals surface area contributed by atoms with E-state index >= 15 is 0 Å². The Kier molecular flexibility index (Phi) is 8.04. The van der Waals surface area contributed by atoms with E-state index in [4.69, 9.17) is 9.47 Å². The Labute approximate surface area is 173 Å². The Morgan fingerprint density at radius 3 is 2.48 bits per heavy atom. The topological polar surface area (TPSA) is 56.4 Å². The van der Waals surface area contributed by atoms with Crippen molar-refractivity contribution in [3.8, 4) is 5.75 Å². The Bertz CT molecular complexity index is 773. The van der Waals surface area contributed by atoms with Gasteiger partial charge in [-0.1, -0.05) is 24.3 Å². The molecule has 1 saturated heterocycles. The van der Waals surface area contributed by atoms with E-state index in [1.807, 2.05) is 37.4 Å². The Morgan fingerprint density at radius 2 is 1.79 bits per heavy atom. The minimum absolute atomic E-state index is 0.0736. The number of hydrogen-bond acceptors (Lipinski definition) is 3. The van der Waals surface area contributed by atoms with Gasteiger partial charge in [-0.25, -0.2) is 0 Å². The van der Waals surface area contributed by atoms with Crippen LogP contribution in [0.5, 0.6) is 5.75 Å². The molecule has 2 aromatic rings. The summed E-state index contributed by atoms with van der Waals surface area (Å²) < 4.78 is 10.6. The molecule has 1 aliphatic heterocycles. The highest BCUT2D eigenvalue weighted by molar-refractivity contribution is 5.76. The van der Waals surface area contributed by atoms with Crippen molar-refractivity contribution in [2.75, 3.05) is 47.0 Å². The van der Waals surface area contributed by atoms with E-state index in [9.17, 15) is 4.79 Å². The molecular weight excluding hydrogens is 366 g/mol. The summed E-state index contributed by atoms with van der Waals surface area (Å²) in [4.78, 5) is 15.1. The molecule has 6 nitrogen and oxygen atoms in total. The molecule has 156 valence electrons. The zero-order valence-corrected chi connectivity index (χ0v) is 17.5. The number of morpholine rings is 1. The van der Waals surface area contributed by atoms with Crippen LogP contribution in [0.3, 0.4) is 0 Å². The maximum Gasteiger partial charge on any atom is 0.275 e. The minimum Gasteiger partial charge on any atom is -0.497 e. The molecule has 0 spiro atoms. The van der Waals surface area contributed by atoms with Gasteiger partial charge >= 0.3 is 0 Å². The first-order valence-corrected chi connectivity index (χ1v) is 10.3. The van der Waals surface area contributed by atoms with Crippen LogP contribution in [-0.2, 0) is 29.2 Å². The number of carbonyl (C=O) groups excluding carboxylic acids is 1. The molecule has 3 rings (SSSR count). The SMILES string of the molecule is COc1ccc(C[NH+](C)CC(=O)NCc2ccccc2C[NH+]2CCOCC2)cc1. The molecule has 0 radical (unpaired) electrons. The molecule has 0 bridgehead atoms. The number of benzene rings is 2. The largest absolute Gasteiger partial charge is 0.497 e. The normalized spacial score (nSPS) is 15.7. The molecule has 6 heteroatoms. The fourth-order valence-corrected chi connectivity index (χ4v) is 3.69. The van der Waals surface area contributed by atoms with Gasteiger partial charge in [-0.3, -0.25) is 4.79 Å². The van der Waals surface area contributed by atoms with Gasteiger partial charge in [0.25, 0.3) is 5.91 Å². The van der Waals surface area contributed by atoms with Crippen molar-refractivity contribution in [3.63, 3.8) is 0 Å². The highest BCUT2D eigenvalue weighted by Crippen LogP contribution is 2.10. The Hall–Kier alpha value is -2.41. The number of likely N-dealkylation sites (N-methyl/N-ethyl adjacent to an activating group) is 1. The van der Waals surface area contributed by atoms with E-state index in [2.05, 4.69) is 23.5 Å². The molecule has 2 aromatic carbocycles. The molecule has 1 unspecified atom stereocenters. The van der Waals surface area contributed by atoms with E-state index in [0.29, 0.717) is 13.1 Å². The second kappa shape index (κ2) is 11.0. The first kappa shape index (κ1) is 21.3. The molecule has 0 aromatic heterocycles. The van der Waals surface area contributed by atoms with Crippen LogP contribution in [0.4, 0.5) is 0 Å². The number of hydrogen-bond donors (Lipinski definition) is 3. The van der Waals surface area contributed by atoms with Crippen LogP contribution < -0.4 is 19.9 Å². The van der Waals surface area contributed by atoms with Crippen molar-refractivity contribution in [3.05, 3.63) is 65.2 Å². The summed E-state index contributed by atoms with van der Waals surface area (Å²) in [5, 5.41) is 3.10. The lowest BCUT2D eigenvalue weighted by atomic mass is 10.1. The highest BCUT2D eigenvalue weighted by atomic mass is 16.5. The van der Waals surface area contributed by atoms with Gasteiger partial charge in [0.1, 0.15) is 31.9 Å².